The largest absolute Gasteiger partial charge is 0.338 e. The molecule has 3 N–H and O–H groups in total. The molecule has 0 aromatic carbocycles. The van der Waals surface area contributed by atoms with Crippen LogP contribution in [0.4, 0.5) is 10.5 Å². The molecular formula is C19H26N4O2. The average Bonchev–Trinajstić information content (AvgIpc) is 2.53. The molecule has 6 nitrogen and oxygen atoms in total. The molecule has 0 radical (unpaired) electrons. The van der Waals surface area contributed by atoms with E-state index < -0.39 is 0 Å². The Morgan fingerprint density at radius 3 is 2.24 bits per heavy atom. The smallest absolute Gasteiger partial charge is 0.315 e. The van der Waals surface area contributed by atoms with Crippen molar-refractivity contribution in [3.8, 4) is 0 Å². The van der Waals surface area contributed by atoms with Crippen LogP contribution in [-0.2, 0) is 4.79 Å². The second kappa shape index (κ2) is 6.65. The highest BCUT2D eigenvalue weighted by Crippen LogP contribution is 2.55. The molecule has 1 aromatic rings. The molecule has 4 bridgehead atoms. The van der Waals surface area contributed by atoms with Gasteiger partial charge in [-0.1, -0.05) is 0 Å². The van der Waals surface area contributed by atoms with E-state index in [1.165, 1.54) is 19.3 Å². The maximum atomic E-state index is 12.3. The summed E-state index contributed by atoms with van der Waals surface area (Å²) < 4.78 is 0. The van der Waals surface area contributed by atoms with Crippen LogP contribution in [0, 0.1) is 17.8 Å². The predicted octanol–water partition coefficient (Wildman–Crippen LogP) is 2.68. The van der Waals surface area contributed by atoms with Gasteiger partial charge in [0, 0.05) is 36.6 Å². The Kier molecular flexibility index (Phi) is 4.36. The van der Waals surface area contributed by atoms with Crippen molar-refractivity contribution in [2.45, 2.75) is 50.5 Å². The Bertz CT molecular complexity index is 611. The summed E-state index contributed by atoms with van der Waals surface area (Å²) in [4.78, 5) is 28.1. The van der Waals surface area contributed by atoms with Gasteiger partial charge in [-0.2, -0.15) is 0 Å². The SMILES string of the molecule is O=C(CCNC(=O)NC12CC3CC(CC(C3)C1)C2)Nc1ccncc1. The lowest BCUT2D eigenvalue weighted by Crippen LogP contribution is -2.61. The molecule has 5 rings (SSSR count). The zero-order valence-corrected chi connectivity index (χ0v) is 14.5. The number of aromatic nitrogens is 1. The Morgan fingerprint density at radius 2 is 1.64 bits per heavy atom. The number of hydrogen-bond acceptors (Lipinski definition) is 3. The molecule has 0 spiro atoms. The second-order valence-electron chi connectivity index (χ2n) is 8.11. The fourth-order valence-corrected chi connectivity index (χ4v) is 5.50. The third kappa shape index (κ3) is 3.78. The maximum Gasteiger partial charge on any atom is 0.315 e. The number of urea groups is 1. The minimum Gasteiger partial charge on any atom is -0.338 e. The van der Waals surface area contributed by atoms with E-state index >= 15 is 0 Å². The fraction of sp³-hybridized carbons (Fsp3) is 0.632. The van der Waals surface area contributed by atoms with Crippen molar-refractivity contribution in [2.75, 3.05) is 11.9 Å². The van der Waals surface area contributed by atoms with E-state index in [0.29, 0.717) is 6.54 Å². The quantitative estimate of drug-likeness (QED) is 0.769. The molecule has 0 unspecified atom stereocenters. The van der Waals surface area contributed by atoms with Gasteiger partial charge < -0.3 is 16.0 Å². The molecule has 0 saturated heterocycles. The minimum atomic E-state index is -0.126. The van der Waals surface area contributed by atoms with Crippen molar-refractivity contribution in [1.82, 2.24) is 15.6 Å². The number of carbonyl (C=O) groups excluding carboxylic acids is 2. The molecule has 0 aliphatic heterocycles. The van der Waals surface area contributed by atoms with Crippen LogP contribution < -0.4 is 16.0 Å². The molecule has 0 atom stereocenters. The van der Waals surface area contributed by atoms with E-state index in [0.717, 1.165) is 42.7 Å². The Morgan fingerprint density at radius 1 is 1.04 bits per heavy atom. The van der Waals surface area contributed by atoms with E-state index in [1.807, 2.05) is 0 Å². The van der Waals surface area contributed by atoms with Gasteiger partial charge in [0.05, 0.1) is 0 Å². The molecule has 4 fully saturated rings. The van der Waals surface area contributed by atoms with Gasteiger partial charge in [0.25, 0.3) is 0 Å². The number of nitrogens with one attached hydrogen (secondary N) is 3. The van der Waals surface area contributed by atoms with Crippen LogP contribution in [0.1, 0.15) is 44.9 Å². The van der Waals surface area contributed by atoms with Crippen LogP contribution in [0.25, 0.3) is 0 Å². The van der Waals surface area contributed by atoms with Crippen LogP contribution in [0.2, 0.25) is 0 Å². The van der Waals surface area contributed by atoms with Crippen molar-refractivity contribution in [3.05, 3.63) is 24.5 Å². The molecule has 4 aliphatic carbocycles. The van der Waals surface area contributed by atoms with Gasteiger partial charge in [-0.3, -0.25) is 9.78 Å². The molecule has 4 aliphatic rings. The predicted molar refractivity (Wildman–Crippen MR) is 94.9 cm³/mol. The van der Waals surface area contributed by atoms with E-state index in [2.05, 4.69) is 20.9 Å². The monoisotopic (exact) mass is 342 g/mol. The van der Waals surface area contributed by atoms with Gasteiger partial charge in [-0.05, 0) is 68.4 Å². The second-order valence-corrected chi connectivity index (χ2v) is 8.11. The third-order valence-corrected chi connectivity index (χ3v) is 6.02. The van der Waals surface area contributed by atoms with Gasteiger partial charge in [-0.15, -0.1) is 0 Å². The zero-order chi connectivity index (χ0) is 17.3. The number of rotatable bonds is 5. The van der Waals surface area contributed by atoms with Crippen LogP contribution in [0.5, 0.6) is 0 Å². The highest BCUT2D eigenvalue weighted by atomic mass is 16.2. The summed E-state index contributed by atoms with van der Waals surface area (Å²) in [6, 6.07) is 3.36. The van der Waals surface area contributed by atoms with Crippen molar-refractivity contribution in [3.63, 3.8) is 0 Å². The topological polar surface area (TPSA) is 83.1 Å². The average molecular weight is 342 g/mol. The summed E-state index contributed by atoms with van der Waals surface area (Å²) in [5.74, 6) is 2.30. The van der Waals surface area contributed by atoms with Crippen molar-refractivity contribution >= 4 is 17.6 Å². The van der Waals surface area contributed by atoms with E-state index in [4.69, 9.17) is 0 Å². The molecule has 6 heteroatoms. The van der Waals surface area contributed by atoms with Crippen LogP contribution in [0.15, 0.2) is 24.5 Å². The highest BCUT2D eigenvalue weighted by Gasteiger charge is 2.51. The minimum absolute atomic E-state index is 0.0120. The standard InChI is InChI=1S/C19H26N4O2/c24-17(22-16-1-4-20-5-2-16)3-6-21-18(25)23-19-10-13-7-14(11-19)9-15(8-13)12-19/h1-2,4-5,13-15H,3,6-12H2,(H,20,22,24)(H2,21,23,25). The molecule has 134 valence electrons. The Hall–Kier alpha value is -2.11. The zero-order valence-electron chi connectivity index (χ0n) is 14.5. The molecular weight excluding hydrogens is 316 g/mol. The molecule has 1 aromatic heterocycles. The molecule has 25 heavy (non-hydrogen) atoms. The van der Waals surface area contributed by atoms with Crippen molar-refractivity contribution in [1.29, 1.82) is 0 Å². The summed E-state index contributed by atoms with van der Waals surface area (Å²) in [6.07, 6.45) is 11.0. The first-order chi connectivity index (χ1) is 12.1. The summed E-state index contributed by atoms with van der Waals surface area (Å²) in [5.41, 5.74) is 0.732. The lowest BCUT2D eigenvalue weighted by Gasteiger charge is -2.56. The number of pyridine rings is 1. The van der Waals surface area contributed by atoms with Crippen LogP contribution >= 0.6 is 0 Å². The van der Waals surface area contributed by atoms with Crippen LogP contribution in [0.3, 0.4) is 0 Å². The molecule has 1 heterocycles. The normalized spacial score (nSPS) is 32.2. The van der Waals surface area contributed by atoms with Crippen molar-refractivity contribution in [2.24, 2.45) is 17.8 Å². The van der Waals surface area contributed by atoms with Gasteiger partial charge in [0.2, 0.25) is 5.91 Å². The number of carbonyl (C=O) groups is 2. The number of amides is 3. The van der Waals surface area contributed by atoms with E-state index in [-0.39, 0.29) is 23.9 Å². The number of anilines is 1. The Labute approximate surface area is 148 Å². The summed E-state index contributed by atoms with van der Waals surface area (Å²) in [5, 5.41) is 8.90. The third-order valence-electron chi connectivity index (χ3n) is 6.02. The van der Waals surface area contributed by atoms with E-state index in [9.17, 15) is 9.59 Å². The lowest BCUT2D eigenvalue weighted by molar-refractivity contribution is -0.116. The van der Waals surface area contributed by atoms with Gasteiger partial charge >= 0.3 is 6.03 Å². The molecule has 4 saturated carbocycles. The summed E-state index contributed by atoms with van der Waals surface area (Å²) in [6.45, 7) is 0.342. The van der Waals surface area contributed by atoms with Gasteiger partial charge in [0.15, 0.2) is 0 Å². The van der Waals surface area contributed by atoms with Gasteiger partial charge in [-0.25, -0.2) is 4.79 Å². The van der Waals surface area contributed by atoms with Crippen LogP contribution in [-0.4, -0.2) is 29.0 Å². The van der Waals surface area contributed by atoms with Gasteiger partial charge in [0.1, 0.15) is 0 Å². The molecule has 3 amide bonds. The number of hydrogen-bond donors (Lipinski definition) is 3. The first-order valence-electron chi connectivity index (χ1n) is 9.36. The first kappa shape index (κ1) is 16.4. The highest BCUT2D eigenvalue weighted by molar-refractivity contribution is 5.91. The lowest BCUT2D eigenvalue weighted by atomic mass is 9.53. The summed E-state index contributed by atoms with van der Waals surface area (Å²) in [7, 11) is 0. The van der Waals surface area contributed by atoms with E-state index in [1.54, 1.807) is 24.5 Å². The number of nitrogens with zero attached hydrogens (tertiary/aromatic N) is 1. The first-order valence-corrected chi connectivity index (χ1v) is 9.36. The maximum absolute atomic E-state index is 12.3. The Balaban J connectivity index is 1.21. The fourth-order valence-electron chi connectivity index (χ4n) is 5.50. The summed E-state index contributed by atoms with van der Waals surface area (Å²) >= 11 is 0. The van der Waals surface area contributed by atoms with Crippen molar-refractivity contribution < 1.29 is 9.59 Å².